The maximum atomic E-state index is 11.6. The number of amides is 2. The second-order valence-electron chi connectivity index (χ2n) is 4.03. The summed E-state index contributed by atoms with van der Waals surface area (Å²) in [7, 11) is 1.58. The summed E-state index contributed by atoms with van der Waals surface area (Å²) in [6.07, 6.45) is 0. The number of aromatic carboxylic acids is 1. The number of carbonyl (C=O) groups is 2. The number of carbonyl (C=O) groups excluding carboxylic acids is 1. The second-order valence-corrected chi connectivity index (χ2v) is 4.03. The van der Waals surface area contributed by atoms with E-state index < -0.39 is 12.0 Å². The fraction of sp³-hybridized carbons (Fsp3) is 0.500. The minimum atomic E-state index is -1.13. The molecule has 4 N–H and O–H groups in total. The molecule has 0 atom stereocenters. The lowest BCUT2D eigenvalue weighted by atomic mass is 10.3. The van der Waals surface area contributed by atoms with E-state index in [9.17, 15) is 9.59 Å². The zero-order valence-electron chi connectivity index (χ0n) is 11.5. The Morgan fingerprint density at radius 1 is 1.35 bits per heavy atom. The summed E-state index contributed by atoms with van der Waals surface area (Å²) in [5.41, 5.74) is 0.836. The largest absolute Gasteiger partial charge is 0.477 e. The number of methoxy groups -OCH3 is 1. The number of ether oxygens (including phenoxy) is 2. The summed E-state index contributed by atoms with van der Waals surface area (Å²) in [4.78, 5) is 25.2. The normalized spacial score (nSPS) is 10.3. The van der Waals surface area contributed by atoms with Crippen LogP contribution in [0.15, 0.2) is 6.07 Å². The van der Waals surface area contributed by atoms with Crippen molar-refractivity contribution < 1.29 is 24.2 Å². The molecule has 0 unspecified atom stereocenters. The average molecular weight is 285 g/mol. The molecule has 0 aromatic carbocycles. The predicted molar refractivity (Wildman–Crippen MR) is 72.2 cm³/mol. The Bertz CT molecular complexity index is 458. The number of hydrogen-bond acceptors (Lipinski definition) is 4. The molecule has 1 rings (SSSR count). The summed E-state index contributed by atoms with van der Waals surface area (Å²) >= 11 is 0. The summed E-state index contributed by atoms with van der Waals surface area (Å²) in [6.45, 7) is 3.34. The first-order valence-corrected chi connectivity index (χ1v) is 6.09. The smallest absolute Gasteiger partial charge is 0.354 e. The van der Waals surface area contributed by atoms with Crippen LogP contribution in [0, 0.1) is 6.92 Å². The SMILES string of the molecule is COCCOCCNC(=O)Nc1cc(C)[nH]c1C(=O)O. The van der Waals surface area contributed by atoms with Gasteiger partial charge in [0.05, 0.1) is 25.5 Å². The highest BCUT2D eigenvalue weighted by atomic mass is 16.5. The van der Waals surface area contributed by atoms with Crippen molar-refractivity contribution in [1.29, 1.82) is 0 Å². The van der Waals surface area contributed by atoms with E-state index in [0.29, 0.717) is 32.1 Å². The molecule has 1 aromatic heterocycles. The lowest BCUT2D eigenvalue weighted by Crippen LogP contribution is -2.32. The van der Waals surface area contributed by atoms with E-state index >= 15 is 0 Å². The Labute approximate surface area is 116 Å². The first kappa shape index (κ1) is 16.0. The van der Waals surface area contributed by atoms with Crippen molar-refractivity contribution in [1.82, 2.24) is 10.3 Å². The highest BCUT2D eigenvalue weighted by molar-refractivity contribution is 5.99. The number of aromatic amines is 1. The van der Waals surface area contributed by atoms with E-state index in [-0.39, 0.29) is 11.4 Å². The first-order chi connectivity index (χ1) is 9.54. The Morgan fingerprint density at radius 2 is 2.10 bits per heavy atom. The molecule has 0 bridgehead atoms. The number of rotatable bonds is 8. The van der Waals surface area contributed by atoms with Crippen LogP contribution < -0.4 is 10.6 Å². The predicted octanol–water partition coefficient (Wildman–Crippen LogP) is 0.806. The van der Waals surface area contributed by atoms with Crippen molar-refractivity contribution in [2.45, 2.75) is 6.92 Å². The van der Waals surface area contributed by atoms with E-state index in [2.05, 4.69) is 15.6 Å². The van der Waals surface area contributed by atoms with Crippen LogP contribution in [-0.2, 0) is 9.47 Å². The number of aryl methyl sites for hydroxylation is 1. The van der Waals surface area contributed by atoms with E-state index in [4.69, 9.17) is 14.6 Å². The van der Waals surface area contributed by atoms with Gasteiger partial charge in [-0.05, 0) is 13.0 Å². The van der Waals surface area contributed by atoms with E-state index in [1.807, 2.05) is 0 Å². The fourth-order valence-corrected chi connectivity index (χ4v) is 1.50. The molecule has 20 heavy (non-hydrogen) atoms. The molecular formula is C12H19N3O5. The number of nitrogens with one attached hydrogen (secondary N) is 3. The third kappa shape index (κ3) is 5.29. The van der Waals surface area contributed by atoms with Gasteiger partial charge >= 0.3 is 12.0 Å². The van der Waals surface area contributed by atoms with Gasteiger partial charge in [-0.15, -0.1) is 0 Å². The number of carboxylic acids is 1. The minimum absolute atomic E-state index is 0.0472. The van der Waals surface area contributed by atoms with E-state index in [1.54, 1.807) is 20.1 Å². The molecule has 0 spiro atoms. The van der Waals surface area contributed by atoms with Crippen LogP contribution in [0.1, 0.15) is 16.2 Å². The van der Waals surface area contributed by atoms with Crippen molar-refractivity contribution >= 4 is 17.7 Å². The van der Waals surface area contributed by atoms with Crippen LogP contribution >= 0.6 is 0 Å². The van der Waals surface area contributed by atoms with Gasteiger partial charge in [-0.2, -0.15) is 0 Å². The van der Waals surface area contributed by atoms with Gasteiger partial charge in [0.25, 0.3) is 0 Å². The summed E-state index contributed by atoms with van der Waals surface area (Å²) in [6, 6.07) is 1.07. The standard InChI is InChI=1S/C12H19N3O5/c1-8-7-9(10(14-8)11(16)17)15-12(18)13-3-4-20-6-5-19-2/h7,14H,3-6H2,1-2H3,(H,16,17)(H2,13,15,18). The molecular weight excluding hydrogens is 266 g/mol. The van der Waals surface area contributed by atoms with Gasteiger partial charge in [-0.1, -0.05) is 0 Å². The highest BCUT2D eigenvalue weighted by Crippen LogP contribution is 2.16. The third-order valence-corrected chi connectivity index (χ3v) is 2.38. The molecule has 2 amide bonds. The molecule has 0 saturated carbocycles. The molecule has 112 valence electrons. The van der Waals surface area contributed by atoms with Gasteiger partial charge in [-0.3, -0.25) is 0 Å². The zero-order valence-corrected chi connectivity index (χ0v) is 11.5. The number of urea groups is 1. The Hall–Kier alpha value is -2.06. The van der Waals surface area contributed by atoms with Gasteiger partial charge in [-0.25, -0.2) is 9.59 Å². The number of anilines is 1. The van der Waals surface area contributed by atoms with Crippen molar-refractivity contribution in [2.75, 3.05) is 38.8 Å². The van der Waals surface area contributed by atoms with Crippen LogP contribution in [-0.4, -0.2) is 55.6 Å². The molecule has 1 heterocycles. The first-order valence-electron chi connectivity index (χ1n) is 6.09. The summed E-state index contributed by atoms with van der Waals surface area (Å²) in [5.74, 6) is -1.13. The maximum absolute atomic E-state index is 11.6. The number of H-pyrrole nitrogens is 1. The van der Waals surface area contributed by atoms with Crippen molar-refractivity contribution in [3.63, 3.8) is 0 Å². The molecule has 0 aliphatic carbocycles. The van der Waals surface area contributed by atoms with Crippen molar-refractivity contribution in [3.05, 3.63) is 17.5 Å². The summed E-state index contributed by atoms with van der Waals surface area (Å²) < 4.78 is 9.98. The monoisotopic (exact) mass is 285 g/mol. The van der Waals surface area contributed by atoms with Crippen LogP contribution in [0.5, 0.6) is 0 Å². The van der Waals surface area contributed by atoms with Crippen LogP contribution in [0.3, 0.4) is 0 Å². The number of aromatic nitrogens is 1. The fourth-order valence-electron chi connectivity index (χ4n) is 1.50. The lowest BCUT2D eigenvalue weighted by molar-refractivity contribution is 0.0692. The highest BCUT2D eigenvalue weighted by Gasteiger charge is 2.14. The molecule has 0 saturated heterocycles. The molecule has 0 fully saturated rings. The average Bonchev–Trinajstić information content (AvgIpc) is 2.74. The van der Waals surface area contributed by atoms with Gasteiger partial charge in [0.1, 0.15) is 5.69 Å². The van der Waals surface area contributed by atoms with E-state index in [1.165, 1.54) is 0 Å². The quantitative estimate of drug-likeness (QED) is 0.528. The molecule has 0 radical (unpaired) electrons. The van der Waals surface area contributed by atoms with Crippen molar-refractivity contribution in [3.8, 4) is 0 Å². The molecule has 0 aliphatic heterocycles. The number of hydrogen-bond donors (Lipinski definition) is 4. The number of carboxylic acid groups (broad SMARTS) is 1. The van der Waals surface area contributed by atoms with Crippen LogP contribution in [0.2, 0.25) is 0 Å². The Kier molecular flexibility index (Phi) is 6.54. The zero-order chi connectivity index (χ0) is 15.0. The minimum Gasteiger partial charge on any atom is -0.477 e. The lowest BCUT2D eigenvalue weighted by Gasteiger charge is -2.07. The second kappa shape index (κ2) is 8.18. The maximum Gasteiger partial charge on any atom is 0.354 e. The molecule has 0 aliphatic rings. The van der Waals surface area contributed by atoms with Crippen LogP contribution in [0.4, 0.5) is 10.5 Å². The van der Waals surface area contributed by atoms with E-state index in [0.717, 1.165) is 0 Å². The summed E-state index contributed by atoms with van der Waals surface area (Å²) in [5, 5.41) is 14.0. The van der Waals surface area contributed by atoms with Gasteiger partial charge in [0.2, 0.25) is 0 Å². The Balaban J connectivity index is 2.34. The molecule has 1 aromatic rings. The molecule has 8 heteroatoms. The Morgan fingerprint density at radius 3 is 2.75 bits per heavy atom. The van der Waals surface area contributed by atoms with Gasteiger partial charge in [0.15, 0.2) is 0 Å². The van der Waals surface area contributed by atoms with Crippen LogP contribution in [0.25, 0.3) is 0 Å². The van der Waals surface area contributed by atoms with Crippen molar-refractivity contribution in [2.24, 2.45) is 0 Å². The molecule has 8 nitrogen and oxygen atoms in total. The topological polar surface area (TPSA) is 113 Å². The third-order valence-electron chi connectivity index (χ3n) is 2.38. The van der Waals surface area contributed by atoms with Gasteiger partial charge in [0, 0.05) is 19.3 Å². The van der Waals surface area contributed by atoms with Gasteiger partial charge < -0.3 is 30.2 Å².